The lowest BCUT2D eigenvalue weighted by Crippen LogP contribution is -2.49. The van der Waals surface area contributed by atoms with E-state index in [9.17, 15) is 9.59 Å². The van der Waals surface area contributed by atoms with Gasteiger partial charge in [-0.3, -0.25) is 25.8 Å². The Labute approximate surface area is 169 Å². The van der Waals surface area contributed by atoms with Crippen molar-refractivity contribution in [1.82, 2.24) is 16.2 Å². The summed E-state index contributed by atoms with van der Waals surface area (Å²) in [6.07, 6.45) is 0. The van der Waals surface area contributed by atoms with Crippen molar-refractivity contribution >= 4 is 72.6 Å². The number of nitrogens with one attached hydrogen (secondary N) is 3. The summed E-state index contributed by atoms with van der Waals surface area (Å²) >= 11 is 17.2. The van der Waals surface area contributed by atoms with Crippen LogP contribution in [0.15, 0.2) is 43.9 Å². The number of hydrogen-bond acceptors (Lipinski definition) is 5. The van der Waals surface area contributed by atoms with Gasteiger partial charge in [-0.1, -0.05) is 27.5 Å². The molecule has 0 saturated carbocycles. The summed E-state index contributed by atoms with van der Waals surface area (Å²) in [5, 5.41) is 2.60. The molecule has 0 unspecified atom stereocenters. The van der Waals surface area contributed by atoms with E-state index < -0.39 is 11.8 Å². The maximum atomic E-state index is 11.8. The quantitative estimate of drug-likeness (QED) is 0.432. The first-order valence-electron chi connectivity index (χ1n) is 6.58. The molecule has 25 heavy (non-hydrogen) atoms. The zero-order valence-electron chi connectivity index (χ0n) is 12.3. The van der Waals surface area contributed by atoms with Crippen molar-refractivity contribution in [1.29, 1.82) is 0 Å². The summed E-state index contributed by atoms with van der Waals surface area (Å²) in [6.45, 7) is -0.296. The molecule has 0 saturated heterocycles. The molecule has 1 heterocycles. The molecule has 3 N–H and O–H groups in total. The Balaban J connectivity index is 1.73. The normalized spacial score (nSPS) is 10.0. The molecule has 0 radical (unpaired) electrons. The number of thiocarbonyl (C=S) groups is 1. The Morgan fingerprint density at radius 3 is 2.60 bits per heavy atom. The minimum absolute atomic E-state index is 0.0653. The van der Waals surface area contributed by atoms with E-state index >= 15 is 0 Å². The molecule has 0 bridgehead atoms. The molecular weight excluding hydrogens is 501 g/mol. The van der Waals surface area contributed by atoms with Crippen LogP contribution in [0.5, 0.6) is 5.75 Å². The second kappa shape index (κ2) is 9.18. The number of rotatable bonds is 4. The summed E-state index contributed by atoms with van der Waals surface area (Å²) < 4.78 is 11.6. The van der Waals surface area contributed by atoms with Gasteiger partial charge >= 0.3 is 0 Å². The number of hydrazine groups is 1. The van der Waals surface area contributed by atoms with Gasteiger partial charge in [-0.25, -0.2) is 0 Å². The zero-order chi connectivity index (χ0) is 18.4. The monoisotopic (exact) mass is 509 g/mol. The standard InChI is InChI=1S/C14H10Br2ClN3O4S/c15-7-1-2-9(8(17)5-7)23-6-12(21)19-20-14(25)18-13(22)10-3-4-11(16)24-10/h1-5H,6H2,(H,19,21)(H2,18,20,22,25). The Morgan fingerprint density at radius 2 is 1.96 bits per heavy atom. The molecule has 11 heteroatoms. The van der Waals surface area contributed by atoms with Crippen molar-refractivity contribution in [2.45, 2.75) is 0 Å². The second-order valence-corrected chi connectivity index (χ2v) is 6.94. The van der Waals surface area contributed by atoms with Crippen LogP contribution in [-0.4, -0.2) is 23.5 Å². The third kappa shape index (κ3) is 6.31. The van der Waals surface area contributed by atoms with Crippen molar-refractivity contribution in [2.24, 2.45) is 0 Å². The maximum absolute atomic E-state index is 11.8. The molecule has 132 valence electrons. The van der Waals surface area contributed by atoms with Gasteiger partial charge in [0.15, 0.2) is 22.1 Å². The van der Waals surface area contributed by atoms with Crippen LogP contribution in [0.2, 0.25) is 5.02 Å². The van der Waals surface area contributed by atoms with E-state index in [1.807, 2.05) is 0 Å². The third-order valence-electron chi connectivity index (χ3n) is 2.59. The fourth-order valence-electron chi connectivity index (χ4n) is 1.53. The molecule has 2 amide bonds. The van der Waals surface area contributed by atoms with Crippen molar-refractivity contribution < 1.29 is 18.7 Å². The average molecular weight is 512 g/mol. The fourth-order valence-corrected chi connectivity index (χ4v) is 2.71. The highest BCUT2D eigenvalue weighted by Crippen LogP contribution is 2.27. The first-order chi connectivity index (χ1) is 11.8. The molecule has 0 spiro atoms. The predicted octanol–water partition coefficient (Wildman–Crippen LogP) is 3.17. The second-order valence-electron chi connectivity index (χ2n) is 4.42. The molecule has 0 aliphatic heterocycles. The lowest BCUT2D eigenvalue weighted by atomic mass is 10.3. The van der Waals surface area contributed by atoms with E-state index in [4.69, 9.17) is 33.0 Å². The third-order valence-corrected chi connectivity index (χ3v) is 4.01. The van der Waals surface area contributed by atoms with E-state index in [-0.39, 0.29) is 17.5 Å². The number of halogens is 3. The highest BCUT2D eigenvalue weighted by atomic mass is 79.9. The van der Waals surface area contributed by atoms with Crippen LogP contribution in [0.25, 0.3) is 0 Å². The zero-order valence-corrected chi connectivity index (χ0v) is 17.0. The molecular formula is C14H10Br2ClN3O4S. The largest absolute Gasteiger partial charge is 0.482 e. The molecule has 2 aromatic rings. The minimum Gasteiger partial charge on any atom is -0.482 e. The molecule has 2 rings (SSSR count). The van der Waals surface area contributed by atoms with Crippen LogP contribution < -0.4 is 20.9 Å². The highest BCUT2D eigenvalue weighted by Gasteiger charge is 2.12. The number of furan rings is 1. The molecule has 0 atom stereocenters. The van der Waals surface area contributed by atoms with Crippen LogP contribution in [0.3, 0.4) is 0 Å². The SMILES string of the molecule is O=C(COc1ccc(Br)cc1Cl)NNC(=S)NC(=O)c1ccc(Br)o1. The number of ether oxygens (including phenoxy) is 1. The van der Waals surface area contributed by atoms with E-state index in [1.165, 1.54) is 6.07 Å². The van der Waals surface area contributed by atoms with Crippen LogP contribution in [0, 0.1) is 0 Å². The summed E-state index contributed by atoms with van der Waals surface area (Å²) in [5.74, 6) is -0.651. The molecule has 0 fully saturated rings. The van der Waals surface area contributed by atoms with Crippen molar-refractivity contribution in [3.63, 3.8) is 0 Å². The Hall–Kier alpha value is -1.62. The first kappa shape index (κ1) is 19.7. The Morgan fingerprint density at radius 1 is 1.20 bits per heavy atom. The van der Waals surface area contributed by atoms with Gasteiger partial charge in [0.1, 0.15) is 5.75 Å². The van der Waals surface area contributed by atoms with Gasteiger partial charge in [-0.15, -0.1) is 0 Å². The predicted molar refractivity (Wildman–Crippen MR) is 102 cm³/mol. The number of hydrogen-bond donors (Lipinski definition) is 3. The van der Waals surface area contributed by atoms with Gasteiger partial charge in [-0.2, -0.15) is 0 Å². The first-order valence-corrected chi connectivity index (χ1v) is 8.95. The summed E-state index contributed by atoms with van der Waals surface area (Å²) in [4.78, 5) is 23.5. The van der Waals surface area contributed by atoms with Gasteiger partial charge in [0.25, 0.3) is 11.8 Å². The summed E-state index contributed by atoms with van der Waals surface area (Å²) in [7, 11) is 0. The smallest absolute Gasteiger partial charge is 0.293 e. The topological polar surface area (TPSA) is 92.6 Å². The summed E-state index contributed by atoms with van der Waals surface area (Å²) in [6, 6.07) is 8.04. The van der Waals surface area contributed by atoms with Gasteiger partial charge < -0.3 is 9.15 Å². The number of carbonyl (C=O) groups excluding carboxylic acids is 2. The summed E-state index contributed by atoms with van der Waals surface area (Å²) in [5.41, 5.74) is 4.66. The minimum atomic E-state index is -0.560. The van der Waals surface area contributed by atoms with Crippen molar-refractivity contribution in [3.8, 4) is 5.75 Å². The molecule has 7 nitrogen and oxygen atoms in total. The van der Waals surface area contributed by atoms with E-state index in [0.717, 1.165) is 4.47 Å². The van der Waals surface area contributed by atoms with E-state index in [2.05, 4.69) is 48.0 Å². The Bertz CT molecular complexity index is 815. The molecule has 1 aromatic heterocycles. The average Bonchev–Trinajstić information content (AvgIpc) is 2.99. The van der Waals surface area contributed by atoms with Gasteiger partial charge in [0.2, 0.25) is 0 Å². The van der Waals surface area contributed by atoms with Crippen LogP contribution in [-0.2, 0) is 4.79 Å². The fraction of sp³-hybridized carbons (Fsp3) is 0.0714. The van der Waals surface area contributed by atoms with E-state index in [1.54, 1.807) is 24.3 Å². The van der Waals surface area contributed by atoms with Gasteiger partial charge in [-0.05, 0) is 58.5 Å². The number of amides is 2. The van der Waals surface area contributed by atoms with Crippen LogP contribution >= 0.6 is 55.7 Å². The maximum Gasteiger partial charge on any atom is 0.293 e. The molecule has 0 aliphatic rings. The van der Waals surface area contributed by atoms with Crippen molar-refractivity contribution in [2.75, 3.05) is 6.61 Å². The van der Waals surface area contributed by atoms with E-state index in [0.29, 0.717) is 15.4 Å². The highest BCUT2D eigenvalue weighted by molar-refractivity contribution is 9.10. The van der Waals surface area contributed by atoms with Crippen LogP contribution in [0.1, 0.15) is 10.6 Å². The van der Waals surface area contributed by atoms with Gasteiger partial charge in [0.05, 0.1) is 5.02 Å². The number of benzene rings is 1. The van der Waals surface area contributed by atoms with Crippen molar-refractivity contribution in [3.05, 3.63) is 50.3 Å². The lowest BCUT2D eigenvalue weighted by Gasteiger charge is -2.11. The van der Waals surface area contributed by atoms with Crippen LogP contribution in [0.4, 0.5) is 0 Å². The molecule has 0 aliphatic carbocycles. The Kier molecular flexibility index (Phi) is 7.24. The van der Waals surface area contributed by atoms with Gasteiger partial charge in [0, 0.05) is 4.47 Å². The lowest BCUT2D eigenvalue weighted by molar-refractivity contribution is -0.123. The molecule has 1 aromatic carbocycles. The number of carbonyl (C=O) groups is 2.